The molecule has 0 fully saturated rings. The second-order valence-electron chi connectivity index (χ2n) is 6.07. The van der Waals surface area contributed by atoms with Crippen molar-refractivity contribution >= 4 is 23.2 Å². The van der Waals surface area contributed by atoms with Gasteiger partial charge in [0.2, 0.25) is 5.91 Å². The van der Waals surface area contributed by atoms with Crippen molar-refractivity contribution in [2.75, 3.05) is 6.54 Å². The zero-order chi connectivity index (χ0) is 17.7. The molecule has 1 aromatic carbocycles. The van der Waals surface area contributed by atoms with Crippen LogP contribution in [-0.4, -0.2) is 29.5 Å². The Labute approximate surface area is 145 Å². The van der Waals surface area contributed by atoms with Gasteiger partial charge in [-0.3, -0.25) is 9.59 Å². The van der Waals surface area contributed by atoms with E-state index >= 15 is 0 Å². The summed E-state index contributed by atoms with van der Waals surface area (Å²) in [6, 6.07) is 8.29. The Bertz CT molecular complexity index is 711. The summed E-state index contributed by atoms with van der Waals surface area (Å²) in [5, 5.41) is 19.5. The van der Waals surface area contributed by atoms with Gasteiger partial charge in [0.25, 0.3) is 5.91 Å². The summed E-state index contributed by atoms with van der Waals surface area (Å²) in [6.45, 7) is 5.24. The highest BCUT2D eigenvalue weighted by molar-refractivity contribution is 7.08. The number of nitrogens with one attached hydrogen (secondary N) is 2. The minimum atomic E-state index is -1.14. The minimum Gasteiger partial charge on any atom is -0.384 e. The summed E-state index contributed by atoms with van der Waals surface area (Å²) in [4.78, 5) is 24.3. The highest BCUT2D eigenvalue weighted by Gasteiger charge is 2.25. The van der Waals surface area contributed by atoms with Crippen LogP contribution in [0.15, 0.2) is 41.1 Å². The summed E-state index contributed by atoms with van der Waals surface area (Å²) in [6.07, 6.45) is 0. The Morgan fingerprint density at radius 1 is 1.33 bits per heavy atom. The Hall–Kier alpha value is -2.18. The molecule has 5 nitrogen and oxygen atoms in total. The van der Waals surface area contributed by atoms with E-state index in [2.05, 4.69) is 10.6 Å². The van der Waals surface area contributed by atoms with Gasteiger partial charge in [-0.15, -0.1) is 0 Å². The van der Waals surface area contributed by atoms with Gasteiger partial charge in [0.05, 0.1) is 6.54 Å². The van der Waals surface area contributed by atoms with Crippen molar-refractivity contribution in [1.82, 2.24) is 10.6 Å². The van der Waals surface area contributed by atoms with Crippen molar-refractivity contribution < 1.29 is 14.7 Å². The molecule has 24 heavy (non-hydrogen) atoms. The molecule has 2 atom stereocenters. The van der Waals surface area contributed by atoms with Crippen LogP contribution in [0.4, 0.5) is 0 Å². The number of aliphatic hydroxyl groups is 1. The van der Waals surface area contributed by atoms with Gasteiger partial charge >= 0.3 is 0 Å². The third-order valence-electron chi connectivity index (χ3n) is 3.77. The number of carbonyl (C=O) groups excluding carboxylic acids is 2. The molecule has 0 radical (unpaired) electrons. The van der Waals surface area contributed by atoms with Crippen LogP contribution in [0.2, 0.25) is 0 Å². The van der Waals surface area contributed by atoms with E-state index in [-0.39, 0.29) is 18.4 Å². The van der Waals surface area contributed by atoms with Gasteiger partial charge in [-0.2, -0.15) is 11.3 Å². The summed E-state index contributed by atoms with van der Waals surface area (Å²) >= 11 is 1.48. The molecule has 0 bridgehead atoms. The average Bonchev–Trinajstić information content (AvgIpc) is 3.08. The largest absolute Gasteiger partial charge is 0.384 e. The van der Waals surface area contributed by atoms with Gasteiger partial charge in [0, 0.05) is 5.56 Å². The lowest BCUT2D eigenvalue weighted by Gasteiger charge is -2.24. The SMILES string of the molecule is Cc1cccc(C(=O)NC(C)C(=O)NCC(C)(O)c2ccsc2)c1. The van der Waals surface area contributed by atoms with Gasteiger partial charge in [-0.1, -0.05) is 17.7 Å². The second-order valence-corrected chi connectivity index (χ2v) is 6.85. The fourth-order valence-corrected chi connectivity index (χ4v) is 3.00. The van der Waals surface area contributed by atoms with E-state index in [1.165, 1.54) is 11.3 Å². The van der Waals surface area contributed by atoms with E-state index in [9.17, 15) is 14.7 Å². The first-order valence-electron chi connectivity index (χ1n) is 7.70. The van der Waals surface area contributed by atoms with Crippen molar-refractivity contribution in [3.05, 3.63) is 57.8 Å². The lowest BCUT2D eigenvalue weighted by Crippen LogP contribution is -2.48. The number of benzene rings is 1. The molecule has 2 rings (SSSR count). The van der Waals surface area contributed by atoms with Crippen molar-refractivity contribution in [1.29, 1.82) is 0 Å². The van der Waals surface area contributed by atoms with Crippen LogP contribution in [0, 0.1) is 6.92 Å². The van der Waals surface area contributed by atoms with Gasteiger partial charge in [-0.05, 0) is 55.3 Å². The Morgan fingerprint density at radius 3 is 2.71 bits per heavy atom. The van der Waals surface area contributed by atoms with Crippen molar-refractivity contribution in [2.24, 2.45) is 0 Å². The number of carbonyl (C=O) groups is 2. The summed E-state index contributed by atoms with van der Waals surface area (Å²) in [7, 11) is 0. The average molecular weight is 346 g/mol. The Morgan fingerprint density at radius 2 is 2.08 bits per heavy atom. The Kier molecular flexibility index (Phi) is 5.75. The van der Waals surface area contributed by atoms with E-state index in [0.29, 0.717) is 5.56 Å². The first-order chi connectivity index (χ1) is 11.3. The van der Waals surface area contributed by atoms with Crippen LogP contribution in [0.1, 0.15) is 35.3 Å². The van der Waals surface area contributed by atoms with Crippen molar-refractivity contribution in [3.8, 4) is 0 Å². The predicted octanol–water partition coefficient (Wildman–Crippen LogP) is 2.20. The molecular weight excluding hydrogens is 324 g/mol. The molecule has 0 aliphatic rings. The van der Waals surface area contributed by atoms with E-state index in [1.807, 2.05) is 29.8 Å². The molecule has 0 saturated carbocycles. The van der Waals surface area contributed by atoms with E-state index in [1.54, 1.807) is 32.0 Å². The number of amides is 2. The normalized spacial score (nSPS) is 14.5. The van der Waals surface area contributed by atoms with E-state index in [4.69, 9.17) is 0 Å². The first kappa shape index (κ1) is 18.2. The summed E-state index contributed by atoms with van der Waals surface area (Å²) in [5.41, 5.74) is 1.10. The number of hydrogen-bond acceptors (Lipinski definition) is 4. The van der Waals surface area contributed by atoms with Crippen LogP contribution in [0.5, 0.6) is 0 Å². The Balaban J connectivity index is 1.89. The van der Waals surface area contributed by atoms with Crippen LogP contribution in [0.25, 0.3) is 0 Å². The van der Waals surface area contributed by atoms with E-state index < -0.39 is 11.6 Å². The lowest BCUT2D eigenvalue weighted by atomic mass is 9.99. The molecule has 0 saturated heterocycles. The molecule has 1 heterocycles. The van der Waals surface area contributed by atoms with E-state index in [0.717, 1.165) is 11.1 Å². The molecule has 2 unspecified atom stereocenters. The number of hydrogen-bond donors (Lipinski definition) is 3. The van der Waals surface area contributed by atoms with Crippen LogP contribution in [0.3, 0.4) is 0 Å². The lowest BCUT2D eigenvalue weighted by molar-refractivity contribution is -0.123. The summed E-state index contributed by atoms with van der Waals surface area (Å²) < 4.78 is 0. The van der Waals surface area contributed by atoms with Crippen molar-refractivity contribution in [3.63, 3.8) is 0 Å². The quantitative estimate of drug-likeness (QED) is 0.750. The molecule has 0 aliphatic carbocycles. The zero-order valence-corrected chi connectivity index (χ0v) is 14.8. The molecule has 2 amide bonds. The molecule has 0 aliphatic heterocycles. The molecule has 3 N–H and O–H groups in total. The van der Waals surface area contributed by atoms with Gasteiger partial charge in [-0.25, -0.2) is 0 Å². The van der Waals surface area contributed by atoms with Gasteiger partial charge in [0.1, 0.15) is 11.6 Å². The van der Waals surface area contributed by atoms with Crippen molar-refractivity contribution in [2.45, 2.75) is 32.4 Å². The minimum absolute atomic E-state index is 0.0766. The molecular formula is C18H22N2O3S. The maximum atomic E-state index is 12.2. The summed E-state index contributed by atoms with van der Waals surface area (Å²) in [5.74, 6) is -0.641. The topological polar surface area (TPSA) is 78.4 Å². The third-order valence-corrected chi connectivity index (χ3v) is 4.45. The van der Waals surface area contributed by atoms with Gasteiger partial charge in [0.15, 0.2) is 0 Å². The van der Waals surface area contributed by atoms with Gasteiger partial charge < -0.3 is 15.7 Å². The highest BCUT2D eigenvalue weighted by atomic mass is 32.1. The molecule has 6 heteroatoms. The third kappa shape index (κ3) is 4.66. The molecule has 2 aromatic rings. The van der Waals surface area contributed by atoms with Crippen LogP contribution >= 0.6 is 11.3 Å². The fraction of sp³-hybridized carbons (Fsp3) is 0.333. The molecule has 128 valence electrons. The number of thiophene rings is 1. The number of rotatable bonds is 6. The van der Waals surface area contributed by atoms with Crippen LogP contribution in [-0.2, 0) is 10.4 Å². The molecule has 1 aromatic heterocycles. The fourth-order valence-electron chi connectivity index (χ4n) is 2.22. The highest BCUT2D eigenvalue weighted by Crippen LogP contribution is 2.21. The smallest absolute Gasteiger partial charge is 0.251 e. The molecule has 0 spiro atoms. The first-order valence-corrected chi connectivity index (χ1v) is 8.64. The maximum Gasteiger partial charge on any atom is 0.251 e. The second kappa shape index (κ2) is 7.59. The maximum absolute atomic E-state index is 12.2. The van der Waals surface area contributed by atoms with Crippen LogP contribution < -0.4 is 10.6 Å². The standard InChI is InChI=1S/C18H22N2O3S/c1-12-5-4-6-14(9-12)17(22)20-13(2)16(21)19-11-18(3,23)15-7-8-24-10-15/h4-10,13,23H,11H2,1-3H3,(H,19,21)(H,20,22). The monoisotopic (exact) mass is 346 g/mol. The number of aryl methyl sites for hydroxylation is 1. The zero-order valence-electron chi connectivity index (χ0n) is 14.0. The predicted molar refractivity (Wildman–Crippen MR) is 95.0 cm³/mol.